The van der Waals surface area contributed by atoms with Crippen LogP contribution in [0.5, 0.6) is 0 Å². The number of aromatic nitrogens is 1. The van der Waals surface area contributed by atoms with Gasteiger partial charge in [0.05, 0.1) is 17.6 Å². The predicted molar refractivity (Wildman–Crippen MR) is 92.9 cm³/mol. The van der Waals surface area contributed by atoms with E-state index in [9.17, 15) is 9.59 Å². The van der Waals surface area contributed by atoms with E-state index in [0.717, 1.165) is 23.0 Å². The van der Waals surface area contributed by atoms with Gasteiger partial charge in [-0.3, -0.25) is 14.6 Å². The Morgan fingerprint density at radius 2 is 2.04 bits per heavy atom. The molecule has 6 heteroatoms. The van der Waals surface area contributed by atoms with Gasteiger partial charge in [-0.2, -0.15) is 0 Å². The second-order valence-electron chi connectivity index (χ2n) is 5.69. The molecule has 0 radical (unpaired) electrons. The number of amides is 2. The zero-order valence-electron chi connectivity index (χ0n) is 14.3. The number of carbonyl (C=O) groups is 2. The van der Waals surface area contributed by atoms with Gasteiger partial charge in [-0.05, 0) is 25.5 Å². The Kier molecular flexibility index (Phi) is 6.26. The number of fused-ring (bicyclic) bond motifs is 1. The Morgan fingerprint density at radius 1 is 1.29 bits per heavy atom. The number of rotatable bonds is 7. The molecule has 0 fully saturated rings. The molecule has 0 saturated heterocycles. The molecule has 1 N–H and O–H groups in total. The van der Waals surface area contributed by atoms with Crippen molar-refractivity contribution in [1.82, 2.24) is 15.2 Å². The van der Waals surface area contributed by atoms with E-state index in [1.54, 1.807) is 20.2 Å². The van der Waals surface area contributed by atoms with Crippen molar-refractivity contribution in [3.05, 3.63) is 41.6 Å². The molecule has 128 valence electrons. The van der Waals surface area contributed by atoms with E-state index in [0.29, 0.717) is 18.7 Å². The number of methoxy groups -OCH3 is 1. The van der Waals surface area contributed by atoms with Crippen LogP contribution in [-0.2, 0) is 9.53 Å². The third kappa shape index (κ3) is 4.52. The summed E-state index contributed by atoms with van der Waals surface area (Å²) in [5.74, 6) is -0.374. The minimum atomic E-state index is -0.191. The van der Waals surface area contributed by atoms with Gasteiger partial charge in [0.15, 0.2) is 0 Å². The monoisotopic (exact) mass is 329 g/mol. The molecule has 0 aliphatic carbocycles. The van der Waals surface area contributed by atoms with Crippen LogP contribution in [0.1, 0.15) is 22.5 Å². The second kappa shape index (κ2) is 8.40. The summed E-state index contributed by atoms with van der Waals surface area (Å²) in [4.78, 5) is 30.5. The number of likely N-dealkylation sites (N-methyl/N-ethyl adjacent to an activating group) is 1. The molecular formula is C18H23N3O3. The highest BCUT2D eigenvalue weighted by Gasteiger charge is 2.18. The van der Waals surface area contributed by atoms with E-state index in [4.69, 9.17) is 4.74 Å². The van der Waals surface area contributed by atoms with E-state index in [1.165, 1.54) is 4.90 Å². The first-order chi connectivity index (χ1) is 11.5. The summed E-state index contributed by atoms with van der Waals surface area (Å²) in [6, 6.07) is 9.27. The van der Waals surface area contributed by atoms with E-state index < -0.39 is 0 Å². The topological polar surface area (TPSA) is 71.5 Å². The van der Waals surface area contributed by atoms with Crippen molar-refractivity contribution >= 4 is 22.7 Å². The Morgan fingerprint density at radius 3 is 2.79 bits per heavy atom. The van der Waals surface area contributed by atoms with Gasteiger partial charge in [0.2, 0.25) is 5.91 Å². The number of nitrogens with zero attached hydrogens (tertiary/aromatic N) is 2. The zero-order valence-corrected chi connectivity index (χ0v) is 14.3. The van der Waals surface area contributed by atoms with E-state index in [1.807, 2.05) is 31.2 Å². The molecule has 2 aromatic rings. The first-order valence-electron chi connectivity index (χ1n) is 7.90. The van der Waals surface area contributed by atoms with Gasteiger partial charge in [0.25, 0.3) is 5.91 Å². The largest absolute Gasteiger partial charge is 0.385 e. The number of pyridine rings is 1. The molecule has 2 rings (SSSR count). The molecule has 6 nitrogen and oxygen atoms in total. The van der Waals surface area contributed by atoms with Crippen LogP contribution < -0.4 is 5.32 Å². The molecule has 0 bridgehead atoms. The van der Waals surface area contributed by atoms with Crippen molar-refractivity contribution in [2.45, 2.75) is 13.3 Å². The standard InChI is InChI=1S/C18H23N3O3/c1-13-11-15(14-7-4-5-8-16(14)20-13)18(23)21(2)12-17(22)19-9-6-10-24-3/h4-5,7-8,11H,6,9-10,12H2,1-3H3,(H,19,22). The van der Waals surface area contributed by atoms with Crippen LogP contribution in [0.2, 0.25) is 0 Å². The SMILES string of the molecule is COCCCNC(=O)CN(C)C(=O)c1cc(C)nc2ccccc12. The average Bonchev–Trinajstić information content (AvgIpc) is 2.57. The summed E-state index contributed by atoms with van der Waals surface area (Å²) in [5.41, 5.74) is 2.11. The van der Waals surface area contributed by atoms with E-state index >= 15 is 0 Å². The number of carbonyl (C=O) groups excluding carboxylic acids is 2. The Bertz CT molecular complexity index is 731. The van der Waals surface area contributed by atoms with Gasteiger partial charge in [0, 0.05) is 38.4 Å². The molecule has 1 aromatic carbocycles. The summed E-state index contributed by atoms with van der Waals surface area (Å²) in [5, 5.41) is 3.57. The molecular weight excluding hydrogens is 306 g/mol. The minimum Gasteiger partial charge on any atom is -0.385 e. The van der Waals surface area contributed by atoms with Crippen molar-refractivity contribution in [2.75, 3.05) is 33.9 Å². The summed E-state index contributed by atoms with van der Waals surface area (Å²) in [7, 11) is 3.25. The second-order valence-corrected chi connectivity index (χ2v) is 5.69. The van der Waals surface area contributed by atoms with E-state index in [-0.39, 0.29) is 18.4 Å². The minimum absolute atomic E-state index is 0.0154. The van der Waals surface area contributed by atoms with Gasteiger partial charge in [-0.1, -0.05) is 18.2 Å². The molecule has 24 heavy (non-hydrogen) atoms. The summed E-state index contributed by atoms with van der Waals surface area (Å²) < 4.78 is 4.93. The highest BCUT2D eigenvalue weighted by Crippen LogP contribution is 2.19. The van der Waals surface area contributed by atoms with Crippen molar-refractivity contribution in [1.29, 1.82) is 0 Å². The van der Waals surface area contributed by atoms with Gasteiger partial charge in [-0.25, -0.2) is 0 Å². The Labute approximate surface area is 141 Å². The Hall–Kier alpha value is -2.47. The van der Waals surface area contributed by atoms with Crippen LogP contribution in [-0.4, -0.2) is 55.6 Å². The fraction of sp³-hybridized carbons (Fsp3) is 0.389. The highest BCUT2D eigenvalue weighted by atomic mass is 16.5. The van der Waals surface area contributed by atoms with E-state index in [2.05, 4.69) is 10.3 Å². The Balaban J connectivity index is 2.07. The lowest BCUT2D eigenvalue weighted by atomic mass is 10.1. The van der Waals surface area contributed by atoms with Gasteiger partial charge >= 0.3 is 0 Å². The predicted octanol–water partition coefficient (Wildman–Crippen LogP) is 1.77. The quantitative estimate of drug-likeness (QED) is 0.786. The summed E-state index contributed by atoms with van der Waals surface area (Å²) in [6.07, 6.45) is 0.744. The lowest BCUT2D eigenvalue weighted by molar-refractivity contribution is -0.121. The smallest absolute Gasteiger partial charge is 0.254 e. The lowest BCUT2D eigenvalue weighted by Crippen LogP contribution is -2.39. The fourth-order valence-corrected chi connectivity index (χ4v) is 2.48. The molecule has 2 amide bonds. The normalized spacial score (nSPS) is 10.6. The number of hydrogen-bond acceptors (Lipinski definition) is 4. The molecule has 0 aliphatic heterocycles. The van der Waals surface area contributed by atoms with Crippen LogP contribution >= 0.6 is 0 Å². The van der Waals surface area contributed by atoms with Crippen LogP contribution in [0.25, 0.3) is 10.9 Å². The highest BCUT2D eigenvalue weighted by molar-refractivity contribution is 6.06. The van der Waals surface area contributed by atoms with Crippen LogP contribution in [0.15, 0.2) is 30.3 Å². The first kappa shape index (κ1) is 17.9. The number of aryl methyl sites for hydroxylation is 1. The third-order valence-corrected chi connectivity index (χ3v) is 3.65. The summed E-state index contributed by atoms with van der Waals surface area (Å²) in [6.45, 7) is 3.00. The van der Waals surface area contributed by atoms with Crippen LogP contribution in [0, 0.1) is 6.92 Å². The molecule has 0 spiro atoms. The summed E-state index contributed by atoms with van der Waals surface area (Å²) >= 11 is 0. The maximum absolute atomic E-state index is 12.7. The molecule has 1 heterocycles. The first-order valence-corrected chi connectivity index (χ1v) is 7.90. The lowest BCUT2D eigenvalue weighted by Gasteiger charge is -2.18. The third-order valence-electron chi connectivity index (χ3n) is 3.65. The van der Waals surface area contributed by atoms with Crippen molar-refractivity contribution in [2.24, 2.45) is 0 Å². The molecule has 0 unspecified atom stereocenters. The van der Waals surface area contributed by atoms with Crippen LogP contribution in [0.3, 0.4) is 0 Å². The van der Waals surface area contributed by atoms with Crippen molar-refractivity contribution < 1.29 is 14.3 Å². The maximum atomic E-state index is 12.7. The zero-order chi connectivity index (χ0) is 17.5. The van der Waals surface area contributed by atoms with Gasteiger partial charge in [-0.15, -0.1) is 0 Å². The fourth-order valence-electron chi connectivity index (χ4n) is 2.48. The number of hydrogen-bond donors (Lipinski definition) is 1. The number of nitrogens with one attached hydrogen (secondary N) is 1. The molecule has 0 atom stereocenters. The van der Waals surface area contributed by atoms with Crippen molar-refractivity contribution in [3.8, 4) is 0 Å². The molecule has 0 aliphatic rings. The number of benzene rings is 1. The van der Waals surface area contributed by atoms with Crippen LogP contribution in [0.4, 0.5) is 0 Å². The maximum Gasteiger partial charge on any atom is 0.254 e. The average molecular weight is 329 g/mol. The molecule has 0 saturated carbocycles. The van der Waals surface area contributed by atoms with Gasteiger partial charge in [0.1, 0.15) is 0 Å². The van der Waals surface area contributed by atoms with Gasteiger partial charge < -0.3 is 15.0 Å². The molecule has 1 aromatic heterocycles. The van der Waals surface area contributed by atoms with Crippen molar-refractivity contribution in [3.63, 3.8) is 0 Å². The number of ether oxygens (including phenoxy) is 1. The number of para-hydroxylation sites is 1.